The van der Waals surface area contributed by atoms with Crippen molar-refractivity contribution in [2.75, 3.05) is 6.79 Å². The van der Waals surface area contributed by atoms with Crippen LogP contribution in [0.1, 0.15) is 37.8 Å². The van der Waals surface area contributed by atoms with E-state index >= 15 is 0 Å². The van der Waals surface area contributed by atoms with E-state index in [4.69, 9.17) is 4.74 Å². The quantitative estimate of drug-likeness (QED) is 0.561. The fourth-order valence-electron chi connectivity index (χ4n) is 1.66. The van der Waals surface area contributed by atoms with Gasteiger partial charge in [-0.25, -0.2) is 0 Å². The van der Waals surface area contributed by atoms with Crippen molar-refractivity contribution >= 4 is 11.9 Å². The molecule has 1 rings (SSSR count). The summed E-state index contributed by atoms with van der Waals surface area (Å²) in [6.07, 6.45) is 2.54. The molecule has 0 atom stereocenters. The second-order valence-electron chi connectivity index (χ2n) is 4.25. The van der Waals surface area contributed by atoms with E-state index in [1.165, 1.54) is 5.56 Å². The van der Waals surface area contributed by atoms with Gasteiger partial charge in [-0.15, -0.1) is 0 Å². The third kappa shape index (κ3) is 6.04. The van der Waals surface area contributed by atoms with Crippen molar-refractivity contribution < 1.29 is 19.1 Å². The summed E-state index contributed by atoms with van der Waals surface area (Å²) in [5.74, 6) is -0.768. The lowest BCUT2D eigenvalue weighted by molar-refractivity contribution is -0.166. The molecule has 1 aromatic rings. The van der Waals surface area contributed by atoms with Crippen molar-refractivity contribution in [1.82, 2.24) is 0 Å². The first-order valence-electron chi connectivity index (χ1n) is 6.54. The highest BCUT2D eigenvalue weighted by Gasteiger charge is 2.06. The number of hydrogen-bond acceptors (Lipinski definition) is 4. The lowest BCUT2D eigenvalue weighted by atomic mass is 10.1. The minimum absolute atomic E-state index is 0.196. The molecule has 0 fully saturated rings. The normalized spacial score (nSPS) is 10.0. The second-order valence-corrected chi connectivity index (χ2v) is 4.25. The molecule has 0 spiro atoms. The van der Waals surface area contributed by atoms with Crippen LogP contribution in [0.4, 0.5) is 0 Å². The van der Waals surface area contributed by atoms with Gasteiger partial charge in [0.05, 0.1) is 6.42 Å². The van der Waals surface area contributed by atoms with Crippen LogP contribution in [-0.2, 0) is 31.9 Å². The van der Waals surface area contributed by atoms with Gasteiger partial charge in [-0.05, 0) is 17.5 Å². The molecule has 0 aliphatic carbocycles. The summed E-state index contributed by atoms with van der Waals surface area (Å²) >= 11 is 0. The Labute approximate surface area is 113 Å². The number of hydrogen-bond donors (Lipinski definition) is 0. The van der Waals surface area contributed by atoms with Crippen LogP contribution in [0.3, 0.4) is 0 Å². The lowest BCUT2D eigenvalue weighted by Crippen LogP contribution is -2.13. The Kier molecular flexibility index (Phi) is 6.64. The van der Waals surface area contributed by atoms with Gasteiger partial charge in [0.1, 0.15) is 0 Å². The maximum absolute atomic E-state index is 11.5. The average Bonchev–Trinajstić information content (AvgIpc) is 2.39. The molecule has 0 radical (unpaired) electrons. The van der Waals surface area contributed by atoms with Gasteiger partial charge in [-0.2, -0.15) is 0 Å². The number of aryl methyl sites for hydroxylation is 1. The number of rotatable bonds is 7. The van der Waals surface area contributed by atoms with E-state index in [2.05, 4.69) is 11.7 Å². The third-order valence-corrected chi connectivity index (χ3v) is 2.61. The average molecular weight is 264 g/mol. The van der Waals surface area contributed by atoms with Crippen LogP contribution in [0, 0.1) is 0 Å². The van der Waals surface area contributed by atoms with Gasteiger partial charge in [0.15, 0.2) is 0 Å². The standard InChI is InChI=1S/C15H20O4/c1-3-6-12-7-5-8-13(9-12)10-15(17)19-11-18-14(16)4-2/h5,7-9H,3-4,6,10-11H2,1-2H3. The van der Waals surface area contributed by atoms with Crippen LogP contribution in [-0.4, -0.2) is 18.7 Å². The molecule has 4 heteroatoms. The SMILES string of the molecule is CCCc1cccc(CC(=O)OCOC(=O)CC)c1. The largest absolute Gasteiger partial charge is 0.428 e. The highest BCUT2D eigenvalue weighted by Crippen LogP contribution is 2.08. The molecule has 0 amide bonds. The Bertz CT molecular complexity index is 426. The Balaban J connectivity index is 2.39. The van der Waals surface area contributed by atoms with Gasteiger partial charge < -0.3 is 9.47 Å². The van der Waals surface area contributed by atoms with Crippen LogP contribution >= 0.6 is 0 Å². The molecule has 0 N–H and O–H groups in total. The molecule has 1 aromatic carbocycles. The first-order valence-corrected chi connectivity index (χ1v) is 6.54. The highest BCUT2D eigenvalue weighted by molar-refractivity contribution is 5.73. The van der Waals surface area contributed by atoms with Gasteiger partial charge in [-0.1, -0.05) is 44.5 Å². The van der Waals surface area contributed by atoms with Crippen molar-refractivity contribution in [3.63, 3.8) is 0 Å². The van der Waals surface area contributed by atoms with Gasteiger partial charge in [0, 0.05) is 6.42 Å². The van der Waals surface area contributed by atoms with E-state index in [0.717, 1.165) is 18.4 Å². The van der Waals surface area contributed by atoms with E-state index in [-0.39, 0.29) is 25.6 Å². The van der Waals surface area contributed by atoms with E-state index < -0.39 is 5.97 Å². The van der Waals surface area contributed by atoms with Crippen molar-refractivity contribution in [2.24, 2.45) is 0 Å². The molecule has 0 saturated heterocycles. The van der Waals surface area contributed by atoms with E-state index in [1.807, 2.05) is 24.3 Å². The molecule has 19 heavy (non-hydrogen) atoms. The summed E-state index contributed by atoms with van der Waals surface area (Å²) in [5.41, 5.74) is 2.13. The summed E-state index contributed by atoms with van der Waals surface area (Å²) in [5, 5.41) is 0. The number of carbonyl (C=O) groups excluding carboxylic acids is 2. The number of esters is 2. The summed E-state index contributed by atoms with van der Waals surface area (Å²) in [4.78, 5) is 22.4. The predicted molar refractivity (Wildman–Crippen MR) is 71.5 cm³/mol. The molecule has 104 valence electrons. The summed E-state index contributed by atoms with van der Waals surface area (Å²) in [6.45, 7) is 3.49. The zero-order valence-electron chi connectivity index (χ0n) is 11.5. The Morgan fingerprint density at radius 1 is 1.05 bits per heavy atom. The molecule has 0 bridgehead atoms. The Morgan fingerprint density at radius 3 is 2.42 bits per heavy atom. The first kappa shape index (κ1) is 15.2. The Morgan fingerprint density at radius 2 is 1.74 bits per heavy atom. The van der Waals surface area contributed by atoms with E-state index in [1.54, 1.807) is 6.92 Å². The minimum Gasteiger partial charge on any atom is -0.428 e. The van der Waals surface area contributed by atoms with Crippen LogP contribution in [0.25, 0.3) is 0 Å². The summed E-state index contributed by atoms with van der Waals surface area (Å²) in [6, 6.07) is 7.87. The number of benzene rings is 1. The zero-order chi connectivity index (χ0) is 14.1. The maximum Gasteiger partial charge on any atom is 0.313 e. The van der Waals surface area contributed by atoms with E-state index in [9.17, 15) is 9.59 Å². The molecule has 0 aliphatic heterocycles. The van der Waals surface area contributed by atoms with Crippen LogP contribution in [0.5, 0.6) is 0 Å². The smallest absolute Gasteiger partial charge is 0.313 e. The topological polar surface area (TPSA) is 52.6 Å². The molecule has 0 aliphatic rings. The second kappa shape index (κ2) is 8.29. The lowest BCUT2D eigenvalue weighted by Gasteiger charge is -2.06. The Hall–Kier alpha value is -1.84. The number of ether oxygens (including phenoxy) is 2. The monoisotopic (exact) mass is 264 g/mol. The first-order chi connectivity index (χ1) is 9.15. The van der Waals surface area contributed by atoms with Crippen LogP contribution in [0.15, 0.2) is 24.3 Å². The summed E-state index contributed by atoms with van der Waals surface area (Å²) < 4.78 is 9.52. The summed E-state index contributed by atoms with van der Waals surface area (Å²) in [7, 11) is 0. The third-order valence-electron chi connectivity index (χ3n) is 2.61. The minimum atomic E-state index is -0.391. The molecule has 4 nitrogen and oxygen atoms in total. The van der Waals surface area contributed by atoms with Crippen LogP contribution < -0.4 is 0 Å². The predicted octanol–water partition coefficient (Wildman–Crippen LogP) is 2.64. The van der Waals surface area contributed by atoms with Crippen LogP contribution in [0.2, 0.25) is 0 Å². The van der Waals surface area contributed by atoms with Crippen molar-refractivity contribution in [3.8, 4) is 0 Å². The van der Waals surface area contributed by atoms with Crippen molar-refractivity contribution in [2.45, 2.75) is 39.5 Å². The fourth-order valence-corrected chi connectivity index (χ4v) is 1.66. The zero-order valence-corrected chi connectivity index (χ0v) is 11.5. The maximum atomic E-state index is 11.5. The molecule has 0 heterocycles. The van der Waals surface area contributed by atoms with E-state index in [0.29, 0.717) is 0 Å². The highest BCUT2D eigenvalue weighted by atomic mass is 16.7. The van der Waals surface area contributed by atoms with Gasteiger partial charge in [0.25, 0.3) is 0 Å². The van der Waals surface area contributed by atoms with Crippen molar-refractivity contribution in [3.05, 3.63) is 35.4 Å². The molecule has 0 aromatic heterocycles. The number of carbonyl (C=O) groups is 2. The van der Waals surface area contributed by atoms with Gasteiger partial charge >= 0.3 is 11.9 Å². The molecular weight excluding hydrogens is 244 g/mol. The molecular formula is C15H20O4. The molecule has 0 unspecified atom stereocenters. The van der Waals surface area contributed by atoms with Crippen molar-refractivity contribution in [1.29, 1.82) is 0 Å². The van der Waals surface area contributed by atoms with Gasteiger partial charge in [0.2, 0.25) is 6.79 Å². The molecule has 0 saturated carbocycles. The van der Waals surface area contributed by atoms with Gasteiger partial charge in [-0.3, -0.25) is 9.59 Å². The fraction of sp³-hybridized carbons (Fsp3) is 0.467.